The van der Waals surface area contributed by atoms with Gasteiger partial charge in [-0.15, -0.1) is 0 Å². The van der Waals surface area contributed by atoms with Gasteiger partial charge in [0, 0.05) is 19.6 Å². The molecule has 7 nitrogen and oxygen atoms in total. The minimum atomic E-state index is -1.21. The van der Waals surface area contributed by atoms with E-state index in [-0.39, 0.29) is 34.1 Å². The van der Waals surface area contributed by atoms with Crippen LogP contribution in [0.4, 0.5) is 5.69 Å². The van der Waals surface area contributed by atoms with Crippen molar-refractivity contribution in [2.24, 2.45) is 0 Å². The van der Waals surface area contributed by atoms with Crippen LogP contribution in [-0.4, -0.2) is 52.5 Å². The van der Waals surface area contributed by atoms with Gasteiger partial charge >= 0.3 is 0 Å². The summed E-state index contributed by atoms with van der Waals surface area (Å²) in [5.74, 6) is -1.05. The lowest BCUT2D eigenvalue weighted by Crippen LogP contribution is -2.51. The second-order valence-corrected chi connectivity index (χ2v) is 6.94. The smallest absolute Gasteiger partial charge is 0.257 e. The fourth-order valence-corrected chi connectivity index (χ4v) is 2.36. The van der Waals surface area contributed by atoms with E-state index in [1.807, 2.05) is 20.8 Å². The number of anilines is 1. The van der Waals surface area contributed by atoms with Crippen molar-refractivity contribution < 1.29 is 19.8 Å². The van der Waals surface area contributed by atoms with Gasteiger partial charge in [0.05, 0.1) is 16.9 Å². The second kappa shape index (κ2) is 6.76. The number of aromatic hydroxyl groups is 1. The number of Topliss-reactive ketones (excluding diaryl/α,β-unsaturated/α-hetero) is 1. The number of hydrogen-bond acceptors (Lipinski definition) is 6. The minimum Gasteiger partial charge on any atom is -0.505 e. The molecule has 0 saturated heterocycles. The van der Waals surface area contributed by atoms with Gasteiger partial charge in [0.2, 0.25) is 5.78 Å². The summed E-state index contributed by atoms with van der Waals surface area (Å²) in [5, 5.41) is 26.3. The first kappa shape index (κ1) is 18.8. The number of aliphatic hydroxyl groups excluding tert-OH is 1. The van der Waals surface area contributed by atoms with E-state index in [9.17, 15) is 19.8 Å². The first-order chi connectivity index (χ1) is 11.6. The highest BCUT2D eigenvalue weighted by Crippen LogP contribution is 2.33. The maximum absolute atomic E-state index is 12.1. The third-order valence-corrected chi connectivity index (χ3v) is 4.33. The Hall–Kier alpha value is -2.54. The van der Waals surface area contributed by atoms with Crippen molar-refractivity contribution >= 4 is 17.4 Å². The quantitative estimate of drug-likeness (QED) is 0.581. The molecule has 1 aromatic rings. The predicted molar refractivity (Wildman–Crippen MR) is 95.3 cm³/mol. The number of amides is 1. The summed E-state index contributed by atoms with van der Waals surface area (Å²) in [6.07, 6.45) is -0.412. The average Bonchev–Trinajstić information content (AvgIpc) is 2.58. The molecule has 0 aromatic heterocycles. The fraction of sp³-hybridized carbons (Fsp3) is 0.444. The molecule has 1 aliphatic rings. The van der Waals surface area contributed by atoms with Gasteiger partial charge in [0.15, 0.2) is 11.9 Å². The van der Waals surface area contributed by atoms with Gasteiger partial charge in [-0.05, 0) is 32.4 Å². The van der Waals surface area contributed by atoms with E-state index in [4.69, 9.17) is 0 Å². The third-order valence-electron chi connectivity index (χ3n) is 4.33. The predicted octanol–water partition coefficient (Wildman–Crippen LogP) is 1.44. The molecule has 1 amide bonds. The van der Waals surface area contributed by atoms with Crippen molar-refractivity contribution in [3.05, 3.63) is 35.2 Å². The highest BCUT2D eigenvalue weighted by Gasteiger charge is 2.40. The summed E-state index contributed by atoms with van der Waals surface area (Å²) in [6.45, 7) is 5.91. The molecule has 1 atom stereocenters. The minimum absolute atomic E-state index is 0.131. The molecule has 0 spiro atoms. The first-order valence-electron chi connectivity index (χ1n) is 8.14. The normalized spacial score (nSPS) is 17.2. The zero-order chi connectivity index (χ0) is 18.9. The molecular weight excluding hydrogens is 322 g/mol. The Morgan fingerprint density at radius 2 is 1.96 bits per heavy atom. The maximum atomic E-state index is 12.1. The van der Waals surface area contributed by atoms with Crippen molar-refractivity contribution in [2.45, 2.75) is 38.8 Å². The zero-order valence-corrected chi connectivity index (χ0v) is 15.2. The molecule has 1 aromatic carbocycles. The van der Waals surface area contributed by atoms with Crippen LogP contribution < -0.4 is 10.6 Å². The van der Waals surface area contributed by atoms with E-state index in [1.165, 1.54) is 11.0 Å². The molecule has 0 heterocycles. The molecule has 4 N–H and O–H groups in total. The molecular formula is C18H25N3O4. The number of carbonyl (C=O) groups is 2. The number of para-hydroxylation sites is 1. The number of aliphatic hydroxyl groups is 1. The molecule has 2 rings (SSSR count). The largest absolute Gasteiger partial charge is 0.505 e. The van der Waals surface area contributed by atoms with Crippen molar-refractivity contribution in [1.82, 2.24) is 10.2 Å². The molecule has 136 valence electrons. The van der Waals surface area contributed by atoms with Gasteiger partial charge in [-0.2, -0.15) is 0 Å². The standard InChI is InChI=1S/C18H25N3O4/c1-6-18(2,3)20-13-12(15(23)16(13)24)19-11-9-7-8-10(14(11)22)17(25)21(4)5/h7-9,16,19-20,22,24H,6H2,1-5H3/t16-/m0/s1. The van der Waals surface area contributed by atoms with Crippen LogP contribution in [0.2, 0.25) is 0 Å². The molecule has 0 fully saturated rings. The number of benzene rings is 1. The number of ketones is 1. The third kappa shape index (κ3) is 3.61. The Bertz CT molecular complexity index is 738. The molecule has 0 unspecified atom stereocenters. The molecule has 25 heavy (non-hydrogen) atoms. The van der Waals surface area contributed by atoms with Gasteiger partial charge < -0.3 is 25.7 Å². The van der Waals surface area contributed by atoms with Crippen LogP contribution in [0.3, 0.4) is 0 Å². The molecule has 1 aliphatic carbocycles. The van der Waals surface area contributed by atoms with Crippen LogP contribution in [0.5, 0.6) is 5.75 Å². The zero-order valence-electron chi connectivity index (χ0n) is 15.2. The Morgan fingerprint density at radius 3 is 2.52 bits per heavy atom. The first-order valence-corrected chi connectivity index (χ1v) is 8.14. The Balaban J connectivity index is 2.35. The van der Waals surface area contributed by atoms with E-state index < -0.39 is 11.9 Å². The van der Waals surface area contributed by atoms with Gasteiger partial charge in [-0.25, -0.2) is 0 Å². The number of rotatable bonds is 6. The maximum Gasteiger partial charge on any atom is 0.257 e. The Morgan fingerprint density at radius 1 is 1.32 bits per heavy atom. The van der Waals surface area contributed by atoms with Crippen molar-refractivity contribution in [3.8, 4) is 5.75 Å². The van der Waals surface area contributed by atoms with E-state index >= 15 is 0 Å². The van der Waals surface area contributed by atoms with Gasteiger partial charge in [-0.3, -0.25) is 9.59 Å². The monoisotopic (exact) mass is 347 g/mol. The molecule has 0 saturated carbocycles. The summed E-state index contributed by atoms with van der Waals surface area (Å²) in [4.78, 5) is 25.5. The van der Waals surface area contributed by atoms with Crippen LogP contribution in [0.1, 0.15) is 37.6 Å². The Labute approximate surface area is 147 Å². The van der Waals surface area contributed by atoms with Crippen LogP contribution in [0, 0.1) is 0 Å². The topological polar surface area (TPSA) is 102 Å². The van der Waals surface area contributed by atoms with E-state index in [0.717, 1.165) is 6.42 Å². The van der Waals surface area contributed by atoms with Crippen LogP contribution in [0.15, 0.2) is 29.6 Å². The lowest BCUT2D eigenvalue weighted by Gasteiger charge is -2.36. The van der Waals surface area contributed by atoms with E-state index in [0.29, 0.717) is 5.70 Å². The fourth-order valence-electron chi connectivity index (χ4n) is 2.36. The van der Waals surface area contributed by atoms with Crippen molar-refractivity contribution in [1.29, 1.82) is 0 Å². The molecule has 0 aliphatic heterocycles. The highest BCUT2D eigenvalue weighted by molar-refractivity contribution is 6.11. The number of phenols is 1. The van der Waals surface area contributed by atoms with Crippen LogP contribution in [0.25, 0.3) is 0 Å². The van der Waals surface area contributed by atoms with Crippen LogP contribution >= 0.6 is 0 Å². The summed E-state index contributed by atoms with van der Waals surface area (Å²) in [6, 6.07) is 4.69. The number of carbonyl (C=O) groups excluding carboxylic acids is 2. The number of phenolic OH excluding ortho intramolecular Hbond substituents is 1. The summed E-state index contributed by atoms with van der Waals surface area (Å²) in [5.41, 5.74) is 0.650. The van der Waals surface area contributed by atoms with E-state index in [1.54, 1.807) is 26.2 Å². The Kier molecular flexibility index (Phi) is 5.08. The number of nitrogens with one attached hydrogen (secondary N) is 2. The van der Waals surface area contributed by atoms with Crippen LogP contribution in [-0.2, 0) is 4.79 Å². The summed E-state index contributed by atoms with van der Waals surface area (Å²) >= 11 is 0. The number of nitrogens with zero attached hydrogens (tertiary/aromatic N) is 1. The molecule has 7 heteroatoms. The molecule has 0 bridgehead atoms. The SMILES string of the molecule is CCC(C)(C)NC1=C(Nc2cccc(C(=O)N(C)C)c2O)C(=O)[C@H]1O. The lowest BCUT2D eigenvalue weighted by molar-refractivity contribution is -0.124. The summed E-state index contributed by atoms with van der Waals surface area (Å²) in [7, 11) is 3.18. The summed E-state index contributed by atoms with van der Waals surface area (Å²) < 4.78 is 0. The number of hydrogen-bond donors (Lipinski definition) is 4. The average molecular weight is 347 g/mol. The van der Waals surface area contributed by atoms with Crippen molar-refractivity contribution in [3.63, 3.8) is 0 Å². The highest BCUT2D eigenvalue weighted by atomic mass is 16.3. The second-order valence-electron chi connectivity index (χ2n) is 6.94. The van der Waals surface area contributed by atoms with Crippen molar-refractivity contribution in [2.75, 3.05) is 19.4 Å². The van der Waals surface area contributed by atoms with E-state index in [2.05, 4.69) is 10.6 Å². The lowest BCUT2D eigenvalue weighted by atomic mass is 9.91. The van der Waals surface area contributed by atoms with Gasteiger partial charge in [-0.1, -0.05) is 13.0 Å². The molecule has 0 radical (unpaired) electrons. The van der Waals surface area contributed by atoms with Gasteiger partial charge in [0.1, 0.15) is 5.70 Å². The van der Waals surface area contributed by atoms with Gasteiger partial charge in [0.25, 0.3) is 5.91 Å².